The minimum Gasteiger partial charge on any atom is -0.329 e. The molecule has 0 radical (unpaired) electrons. The van der Waals surface area contributed by atoms with Gasteiger partial charge in [0.25, 0.3) is 11.8 Å². The molecule has 12 heteroatoms. The summed E-state index contributed by atoms with van der Waals surface area (Å²) in [7, 11) is 0. The lowest BCUT2D eigenvalue weighted by atomic mass is 10.0. The molecule has 1 amide bonds. The van der Waals surface area contributed by atoms with Crippen molar-refractivity contribution in [1.29, 1.82) is 0 Å². The molecule has 174 valence electrons. The van der Waals surface area contributed by atoms with Gasteiger partial charge in [0.15, 0.2) is 0 Å². The van der Waals surface area contributed by atoms with Crippen LogP contribution in [-0.4, -0.2) is 49.3 Å². The first-order valence-corrected chi connectivity index (χ1v) is 9.94. The molecule has 3 aromatic rings. The SMILES string of the molecule is O=C(c1c(F)cccc1-n1nccn1)N1CCC(F)(F)[C@H]1CCc1ccc(C(F)(F)F)cn1. The lowest BCUT2D eigenvalue weighted by molar-refractivity contribution is -0.137. The summed E-state index contributed by atoms with van der Waals surface area (Å²) in [6.45, 7) is -0.308. The van der Waals surface area contributed by atoms with E-state index in [2.05, 4.69) is 15.2 Å². The Morgan fingerprint density at radius 3 is 2.48 bits per heavy atom. The zero-order valence-corrected chi connectivity index (χ0v) is 16.9. The number of aromatic nitrogens is 4. The van der Waals surface area contributed by atoms with Crippen molar-refractivity contribution in [3.8, 4) is 5.69 Å². The van der Waals surface area contributed by atoms with Gasteiger partial charge in [-0.2, -0.15) is 28.2 Å². The van der Waals surface area contributed by atoms with Gasteiger partial charge in [-0.05, 0) is 37.1 Å². The Bertz CT molecular complexity index is 1130. The number of amides is 1. The summed E-state index contributed by atoms with van der Waals surface area (Å²) >= 11 is 0. The van der Waals surface area contributed by atoms with Crippen molar-refractivity contribution < 1.29 is 31.1 Å². The molecule has 6 nitrogen and oxygen atoms in total. The third kappa shape index (κ3) is 4.55. The standard InChI is InChI=1S/C21H17F6N5O/c22-15-2-1-3-16(32-29-9-10-30-32)18(15)19(33)31-11-8-20(23,24)17(31)7-6-14-5-4-13(12-28-14)21(25,26)27/h1-5,9-10,12,17H,6-8,11H2/t17-/m1/s1. The van der Waals surface area contributed by atoms with Crippen LogP contribution in [0, 0.1) is 5.82 Å². The Balaban J connectivity index is 1.58. The lowest BCUT2D eigenvalue weighted by Crippen LogP contribution is -2.43. The second-order valence-corrected chi connectivity index (χ2v) is 7.55. The number of pyridine rings is 1. The van der Waals surface area contributed by atoms with E-state index in [-0.39, 0.29) is 30.8 Å². The van der Waals surface area contributed by atoms with Gasteiger partial charge in [-0.15, -0.1) is 0 Å². The molecule has 4 rings (SSSR count). The molecule has 33 heavy (non-hydrogen) atoms. The van der Waals surface area contributed by atoms with E-state index < -0.39 is 47.4 Å². The Labute approximate surface area is 183 Å². The highest BCUT2D eigenvalue weighted by atomic mass is 19.4. The first kappa shape index (κ1) is 22.7. The van der Waals surface area contributed by atoms with Crippen LogP contribution in [0.15, 0.2) is 48.9 Å². The van der Waals surface area contributed by atoms with Crippen LogP contribution in [0.25, 0.3) is 5.69 Å². The van der Waals surface area contributed by atoms with Gasteiger partial charge in [0.05, 0.1) is 24.0 Å². The summed E-state index contributed by atoms with van der Waals surface area (Å²) in [5.41, 5.74) is -1.22. The highest BCUT2D eigenvalue weighted by Gasteiger charge is 2.50. The summed E-state index contributed by atoms with van der Waals surface area (Å²) < 4.78 is 82.0. The summed E-state index contributed by atoms with van der Waals surface area (Å²) in [5, 5.41) is 7.75. The van der Waals surface area contributed by atoms with Crippen molar-refractivity contribution in [2.75, 3.05) is 6.54 Å². The summed E-state index contributed by atoms with van der Waals surface area (Å²) in [6.07, 6.45) is -2.25. The number of carbonyl (C=O) groups excluding carboxylic acids is 1. The van der Waals surface area contributed by atoms with Crippen LogP contribution < -0.4 is 0 Å². The molecule has 0 aliphatic carbocycles. The fraction of sp³-hybridized carbons (Fsp3) is 0.333. The van der Waals surface area contributed by atoms with Crippen LogP contribution in [0.4, 0.5) is 26.3 Å². The van der Waals surface area contributed by atoms with Crippen LogP contribution >= 0.6 is 0 Å². The van der Waals surface area contributed by atoms with E-state index >= 15 is 0 Å². The normalized spacial score (nSPS) is 18.0. The van der Waals surface area contributed by atoms with Crippen LogP contribution in [0.3, 0.4) is 0 Å². The Morgan fingerprint density at radius 2 is 1.85 bits per heavy atom. The average Bonchev–Trinajstić information content (AvgIpc) is 3.39. The van der Waals surface area contributed by atoms with E-state index in [1.54, 1.807) is 0 Å². The van der Waals surface area contributed by atoms with Gasteiger partial charge in [0.1, 0.15) is 17.1 Å². The Hall–Kier alpha value is -3.44. The third-order valence-electron chi connectivity index (χ3n) is 5.48. The number of benzene rings is 1. The average molecular weight is 469 g/mol. The number of halogens is 6. The molecule has 0 unspecified atom stereocenters. The van der Waals surface area contributed by atoms with E-state index in [1.165, 1.54) is 24.5 Å². The molecule has 0 spiro atoms. The monoisotopic (exact) mass is 469 g/mol. The number of aryl methyl sites for hydroxylation is 1. The minimum absolute atomic E-state index is 0.00312. The van der Waals surface area contributed by atoms with Gasteiger partial charge < -0.3 is 4.90 Å². The highest BCUT2D eigenvalue weighted by Crippen LogP contribution is 2.38. The molecular formula is C21H17F6N5O. The van der Waals surface area contributed by atoms with E-state index in [1.807, 2.05) is 0 Å². The minimum atomic E-state index is -4.56. The van der Waals surface area contributed by atoms with Crippen molar-refractivity contribution in [2.45, 2.75) is 37.4 Å². The smallest absolute Gasteiger partial charge is 0.329 e. The van der Waals surface area contributed by atoms with Gasteiger partial charge in [0, 0.05) is 24.9 Å². The summed E-state index contributed by atoms with van der Waals surface area (Å²) in [6, 6.07) is 4.13. The van der Waals surface area contributed by atoms with E-state index in [0.717, 1.165) is 27.9 Å². The number of hydrogen-bond donors (Lipinski definition) is 0. The number of rotatable bonds is 5. The summed E-state index contributed by atoms with van der Waals surface area (Å²) in [4.78, 5) is 18.8. The zero-order valence-electron chi connectivity index (χ0n) is 16.9. The quantitative estimate of drug-likeness (QED) is 0.523. The Morgan fingerprint density at radius 1 is 1.12 bits per heavy atom. The molecule has 0 bridgehead atoms. The fourth-order valence-corrected chi connectivity index (χ4v) is 3.83. The molecule has 1 aromatic carbocycles. The largest absolute Gasteiger partial charge is 0.417 e. The number of nitrogens with zero attached hydrogens (tertiary/aromatic N) is 5. The van der Waals surface area contributed by atoms with E-state index in [4.69, 9.17) is 0 Å². The van der Waals surface area contributed by atoms with Crippen molar-refractivity contribution in [2.24, 2.45) is 0 Å². The van der Waals surface area contributed by atoms with Gasteiger partial charge in [-0.3, -0.25) is 9.78 Å². The topological polar surface area (TPSA) is 63.9 Å². The van der Waals surface area contributed by atoms with Gasteiger partial charge in [-0.25, -0.2) is 13.2 Å². The molecule has 1 aliphatic rings. The highest BCUT2D eigenvalue weighted by molar-refractivity contribution is 5.98. The second-order valence-electron chi connectivity index (χ2n) is 7.55. The molecule has 1 fully saturated rings. The molecule has 0 saturated carbocycles. The van der Waals surface area contributed by atoms with Gasteiger partial charge in [0.2, 0.25) is 0 Å². The van der Waals surface area contributed by atoms with Gasteiger partial charge in [-0.1, -0.05) is 6.07 Å². The fourth-order valence-electron chi connectivity index (χ4n) is 3.83. The molecule has 2 aromatic heterocycles. The second kappa shape index (κ2) is 8.49. The predicted octanol–water partition coefficient (Wildman–Crippen LogP) is 4.30. The van der Waals surface area contributed by atoms with Crippen LogP contribution in [0.5, 0.6) is 0 Å². The first-order valence-electron chi connectivity index (χ1n) is 9.94. The maximum atomic E-state index is 14.6. The van der Waals surface area contributed by atoms with Crippen molar-refractivity contribution in [3.63, 3.8) is 0 Å². The summed E-state index contributed by atoms with van der Waals surface area (Å²) in [5.74, 6) is -5.10. The zero-order chi connectivity index (χ0) is 23.8. The van der Waals surface area contributed by atoms with Gasteiger partial charge >= 0.3 is 6.18 Å². The molecule has 0 N–H and O–H groups in total. The van der Waals surface area contributed by atoms with Crippen molar-refractivity contribution in [1.82, 2.24) is 24.9 Å². The van der Waals surface area contributed by atoms with E-state index in [9.17, 15) is 31.1 Å². The number of carbonyl (C=O) groups is 1. The van der Waals surface area contributed by atoms with Crippen LogP contribution in [0.1, 0.15) is 34.5 Å². The Kier molecular flexibility index (Phi) is 5.85. The maximum absolute atomic E-state index is 14.6. The first-order chi connectivity index (χ1) is 15.6. The van der Waals surface area contributed by atoms with Crippen molar-refractivity contribution >= 4 is 5.91 Å². The lowest BCUT2D eigenvalue weighted by Gasteiger charge is -2.28. The van der Waals surface area contributed by atoms with E-state index in [0.29, 0.717) is 6.20 Å². The number of alkyl halides is 5. The van der Waals surface area contributed by atoms with Crippen LogP contribution in [0.2, 0.25) is 0 Å². The molecule has 1 atom stereocenters. The molecule has 1 aliphatic heterocycles. The van der Waals surface area contributed by atoms with Crippen molar-refractivity contribution in [3.05, 3.63) is 71.6 Å². The predicted molar refractivity (Wildman–Crippen MR) is 103 cm³/mol. The number of likely N-dealkylation sites (tertiary alicyclic amines) is 1. The van der Waals surface area contributed by atoms with Crippen LogP contribution in [-0.2, 0) is 12.6 Å². The maximum Gasteiger partial charge on any atom is 0.417 e. The molecule has 1 saturated heterocycles. The molecule has 3 heterocycles. The third-order valence-corrected chi connectivity index (χ3v) is 5.48. The number of hydrogen-bond acceptors (Lipinski definition) is 4. The molecular weight excluding hydrogens is 452 g/mol.